The standard InChI is InChI=1S/C20H19N3/c1-3-8-17(9-4-1)15-21-23-22-16-18-10-7-13-20(14-18)19-11-5-2-6-12-19/h1-15,22-23H,16H2/b21-15+. The summed E-state index contributed by atoms with van der Waals surface area (Å²) in [5, 5.41) is 4.15. The van der Waals surface area contributed by atoms with Crippen LogP contribution in [0, 0.1) is 0 Å². The van der Waals surface area contributed by atoms with Crippen molar-refractivity contribution in [2.45, 2.75) is 6.54 Å². The molecular weight excluding hydrogens is 282 g/mol. The van der Waals surface area contributed by atoms with E-state index in [-0.39, 0.29) is 0 Å². The van der Waals surface area contributed by atoms with Gasteiger partial charge in [0.2, 0.25) is 0 Å². The molecule has 0 spiro atoms. The van der Waals surface area contributed by atoms with Crippen molar-refractivity contribution >= 4 is 6.21 Å². The van der Waals surface area contributed by atoms with Crippen LogP contribution in [0.25, 0.3) is 11.1 Å². The van der Waals surface area contributed by atoms with Crippen molar-refractivity contribution in [3.05, 3.63) is 96.1 Å². The molecule has 0 saturated heterocycles. The van der Waals surface area contributed by atoms with Gasteiger partial charge in [0, 0.05) is 6.54 Å². The van der Waals surface area contributed by atoms with Crippen molar-refractivity contribution in [3.63, 3.8) is 0 Å². The van der Waals surface area contributed by atoms with Gasteiger partial charge in [0.25, 0.3) is 0 Å². The first kappa shape index (κ1) is 15.0. The van der Waals surface area contributed by atoms with E-state index >= 15 is 0 Å². The third-order valence-corrected chi connectivity index (χ3v) is 3.48. The van der Waals surface area contributed by atoms with Gasteiger partial charge in [0.05, 0.1) is 6.21 Å². The summed E-state index contributed by atoms with van der Waals surface area (Å²) in [6, 6.07) is 28.9. The van der Waals surface area contributed by atoms with E-state index in [1.165, 1.54) is 16.7 Å². The fraction of sp³-hybridized carbons (Fsp3) is 0.0500. The summed E-state index contributed by atoms with van der Waals surface area (Å²) in [7, 11) is 0. The van der Waals surface area contributed by atoms with Crippen LogP contribution >= 0.6 is 0 Å². The van der Waals surface area contributed by atoms with Crippen molar-refractivity contribution < 1.29 is 0 Å². The summed E-state index contributed by atoms with van der Waals surface area (Å²) in [5.74, 6) is 0. The molecule has 0 fully saturated rings. The first-order valence-electron chi connectivity index (χ1n) is 7.62. The summed E-state index contributed by atoms with van der Waals surface area (Å²) < 4.78 is 0. The maximum atomic E-state index is 4.15. The van der Waals surface area contributed by atoms with Crippen LogP contribution in [0.3, 0.4) is 0 Å². The van der Waals surface area contributed by atoms with E-state index in [1.807, 2.05) is 36.4 Å². The first-order chi connectivity index (χ1) is 11.4. The Hall–Kier alpha value is -2.91. The van der Waals surface area contributed by atoms with Crippen LogP contribution in [-0.2, 0) is 6.54 Å². The molecule has 0 saturated carbocycles. The molecule has 0 atom stereocenters. The average molecular weight is 301 g/mol. The van der Waals surface area contributed by atoms with E-state index in [0.717, 1.165) is 5.56 Å². The molecule has 23 heavy (non-hydrogen) atoms. The van der Waals surface area contributed by atoms with Gasteiger partial charge in [0.15, 0.2) is 0 Å². The molecule has 0 unspecified atom stereocenters. The van der Waals surface area contributed by atoms with Crippen LogP contribution in [0.15, 0.2) is 90.0 Å². The van der Waals surface area contributed by atoms with E-state index in [0.29, 0.717) is 6.54 Å². The van der Waals surface area contributed by atoms with Crippen LogP contribution in [0.5, 0.6) is 0 Å². The minimum Gasteiger partial charge on any atom is -0.243 e. The minimum atomic E-state index is 0.701. The number of benzene rings is 3. The Morgan fingerprint density at radius 1 is 0.739 bits per heavy atom. The maximum Gasteiger partial charge on any atom is 0.0556 e. The predicted octanol–water partition coefficient (Wildman–Crippen LogP) is 3.98. The number of hydrogen-bond donors (Lipinski definition) is 2. The van der Waals surface area contributed by atoms with E-state index in [9.17, 15) is 0 Å². The van der Waals surface area contributed by atoms with Crippen molar-refractivity contribution in [2.75, 3.05) is 0 Å². The molecule has 0 radical (unpaired) electrons. The molecule has 0 aliphatic carbocycles. The number of hydrazone groups is 1. The molecule has 0 amide bonds. The summed E-state index contributed by atoms with van der Waals surface area (Å²) in [6.45, 7) is 0.701. The van der Waals surface area contributed by atoms with Gasteiger partial charge in [-0.25, -0.2) is 11.0 Å². The predicted molar refractivity (Wildman–Crippen MR) is 95.9 cm³/mol. The summed E-state index contributed by atoms with van der Waals surface area (Å²) in [4.78, 5) is 0. The normalized spacial score (nSPS) is 10.8. The summed E-state index contributed by atoms with van der Waals surface area (Å²) in [6.07, 6.45) is 1.79. The smallest absolute Gasteiger partial charge is 0.0556 e. The Bertz CT molecular complexity index is 752. The Balaban J connectivity index is 1.54. The molecule has 3 nitrogen and oxygen atoms in total. The van der Waals surface area contributed by atoms with Crippen LogP contribution in [0.1, 0.15) is 11.1 Å². The lowest BCUT2D eigenvalue weighted by Gasteiger charge is -2.07. The SMILES string of the molecule is C(=N\NNCc1cccc(-c2ccccc2)c1)/c1ccccc1. The second-order valence-electron chi connectivity index (χ2n) is 5.20. The molecule has 3 heteroatoms. The molecule has 0 heterocycles. The molecule has 0 aliphatic heterocycles. The van der Waals surface area contributed by atoms with Gasteiger partial charge in [-0.15, -0.1) is 0 Å². The number of hydrogen-bond acceptors (Lipinski definition) is 3. The van der Waals surface area contributed by atoms with Crippen molar-refractivity contribution in [3.8, 4) is 11.1 Å². The van der Waals surface area contributed by atoms with E-state index in [4.69, 9.17) is 0 Å². The highest BCUT2D eigenvalue weighted by Crippen LogP contribution is 2.19. The molecule has 3 aromatic rings. The highest BCUT2D eigenvalue weighted by atomic mass is 15.5. The van der Waals surface area contributed by atoms with Gasteiger partial charge >= 0.3 is 0 Å². The van der Waals surface area contributed by atoms with Crippen molar-refractivity contribution in [2.24, 2.45) is 5.10 Å². The van der Waals surface area contributed by atoms with Crippen molar-refractivity contribution in [1.82, 2.24) is 11.0 Å². The van der Waals surface area contributed by atoms with Gasteiger partial charge < -0.3 is 0 Å². The largest absolute Gasteiger partial charge is 0.243 e. The Morgan fingerprint density at radius 3 is 2.22 bits per heavy atom. The second kappa shape index (κ2) is 7.92. The van der Waals surface area contributed by atoms with E-state index in [1.54, 1.807) is 6.21 Å². The van der Waals surface area contributed by atoms with Crippen LogP contribution in [-0.4, -0.2) is 6.21 Å². The lowest BCUT2D eigenvalue weighted by atomic mass is 10.0. The Labute approximate surface area is 136 Å². The first-order valence-corrected chi connectivity index (χ1v) is 7.62. The highest BCUT2D eigenvalue weighted by Gasteiger charge is 1.98. The van der Waals surface area contributed by atoms with E-state index < -0.39 is 0 Å². The zero-order valence-corrected chi connectivity index (χ0v) is 12.8. The van der Waals surface area contributed by atoms with E-state index in [2.05, 4.69) is 64.6 Å². The lowest BCUT2D eigenvalue weighted by Crippen LogP contribution is -2.26. The quantitative estimate of drug-likeness (QED) is 0.410. The van der Waals surface area contributed by atoms with Crippen molar-refractivity contribution in [1.29, 1.82) is 0 Å². The zero-order chi connectivity index (χ0) is 15.7. The average Bonchev–Trinajstić information content (AvgIpc) is 2.63. The monoisotopic (exact) mass is 301 g/mol. The van der Waals surface area contributed by atoms with Crippen LogP contribution in [0.2, 0.25) is 0 Å². The van der Waals surface area contributed by atoms with Gasteiger partial charge in [-0.1, -0.05) is 78.9 Å². The van der Waals surface area contributed by atoms with Gasteiger partial charge in [-0.3, -0.25) is 0 Å². The molecular formula is C20H19N3. The summed E-state index contributed by atoms with van der Waals surface area (Å²) >= 11 is 0. The van der Waals surface area contributed by atoms with Gasteiger partial charge in [0.1, 0.15) is 0 Å². The summed E-state index contributed by atoms with van der Waals surface area (Å²) in [5.41, 5.74) is 10.7. The fourth-order valence-corrected chi connectivity index (χ4v) is 2.32. The molecule has 0 aromatic heterocycles. The highest BCUT2D eigenvalue weighted by molar-refractivity contribution is 5.79. The van der Waals surface area contributed by atoms with Crippen LogP contribution < -0.4 is 11.0 Å². The number of rotatable bonds is 6. The molecule has 0 bridgehead atoms. The lowest BCUT2D eigenvalue weighted by molar-refractivity contribution is 0.557. The van der Waals surface area contributed by atoms with Gasteiger partial charge in [-0.2, -0.15) is 5.10 Å². The maximum absolute atomic E-state index is 4.15. The molecule has 3 aromatic carbocycles. The topological polar surface area (TPSA) is 36.4 Å². The molecule has 2 N–H and O–H groups in total. The molecule has 0 aliphatic rings. The Kier molecular flexibility index (Phi) is 5.16. The number of nitrogens with one attached hydrogen (secondary N) is 2. The minimum absolute atomic E-state index is 0.701. The third-order valence-electron chi connectivity index (χ3n) is 3.48. The third kappa shape index (κ3) is 4.53. The fourth-order valence-electron chi connectivity index (χ4n) is 2.32. The Morgan fingerprint density at radius 2 is 1.43 bits per heavy atom. The zero-order valence-electron chi connectivity index (χ0n) is 12.8. The molecule has 3 rings (SSSR count). The second-order valence-corrected chi connectivity index (χ2v) is 5.20. The van der Waals surface area contributed by atoms with Gasteiger partial charge in [-0.05, 0) is 28.3 Å². The van der Waals surface area contributed by atoms with Crippen LogP contribution in [0.4, 0.5) is 0 Å². The number of hydrazine groups is 1. The number of nitrogens with zero attached hydrogens (tertiary/aromatic N) is 1. The molecule has 114 valence electrons.